The second-order valence-corrected chi connectivity index (χ2v) is 6.91. The summed E-state index contributed by atoms with van der Waals surface area (Å²) in [4.78, 5) is 24.9. The zero-order valence-corrected chi connectivity index (χ0v) is 19.0. The molecule has 11 heteroatoms. The molecule has 2 aromatic carbocycles. The van der Waals surface area contributed by atoms with Crippen molar-refractivity contribution >= 4 is 46.3 Å². The van der Waals surface area contributed by atoms with Gasteiger partial charge in [-0.3, -0.25) is 9.59 Å². The van der Waals surface area contributed by atoms with Crippen LogP contribution in [0, 0.1) is 0 Å². The van der Waals surface area contributed by atoms with E-state index in [0.717, 1.165) is 0 Å². The highest BCUT2D eigenvalue weighted by Gasteiger charge is 2.26. The minimum atomic E-state index is -1.45. The van der Waals surface area contributed by atoms with Crippen LogP contribution >= 0.6 is 23.2 Å². The number of ether oxygens (including phenoxy) is 4. The van der Waals surface area contributed by atoms with Crippen LogP contribution in [0.2, 0.25) is 10.0 Å². The number of Topliss-reactive ketones (excluding diaryl/α,β-unsaturated/α-hetero) is 1. The number of azo groups is 1. The van der Waals surface area contributed by atoms with Gasteiger partial charge in [0.25, 0.3) is 5.91 Å². The molecule has 0 fully saturated rings. The fourth-order valence-corrected chi connectivity index (χ4v) is 2.98. The molecule has 9 nitrogen and oxygen atoms in total. The molecule has 0 heterocycles. The fraction of sp³-hybridized carbons (Fsp3) is 0.300. The molecule has 2 rings (SSSR count). The van der Waals surface area contributed by atoms with Gasteiger partial charge >= 0.3 is 0 Å². The highest BCUT2D eigenvalue weighted by molar-refractivity contribution is 6.32. The quantitative estimate of drug-likeness (QED) is 0.420. The van der Waals surface area contributed by atoms with Crippen LogP contribution in [-0.2, 0) is 9.59 Å². The number of ketones is 1. The summed E-state index contributed by atoms with van der Waals surface area (Å²) in [5, 5.41) is 11.2. The van der Waals surface area contributed by atoms with Crippen LogP contribution in [0.3, 0.4) is 0 Å². The Morgan fingerprint density at radius 3 is 1.90 bits per heavy atom. The van der Waals surface area contributed by atoms with E-state index in [1.165, 1.54) is 59.6 Å². The largest absolute Gasteiger partial charge is 0.495 e. The van der Waals surface area contributed by atoms with Crippen molar-refractivity contribution in [3.05, 3.63) is 34.3 Å². The number of hydrogen-bond acceptors (Lipinski definition) is 8. The van der Waals surface area contributed by atoms with Gasteiger partial charge in [-0.2, -0.15) is 10.2 Å². The first-order chi connectivity index (χ1) is 14.7. The number of carbonyl (C=O) groups is 2. The van der Waals surface area contributed by atoms with Gasteiger partial charge in [0.15, 0.2) is 5.78 Å². The molecular formula is C20H21Cl2N3O6. The summed E-state index contributed by atoms with van der Waals surface area (Å²) in [7, 11) is 5.67. The van der Waals surface area contributed by atoms with Crippen LogP contribution in [-0.4, -0.2) is 46.2 Å². The Kier molecular flexibility index (Phi) is 8.47. The number of anilines is 1. The molecule has 2 aromatic rings. The van der Waals surface area contributed by atoms with E-state index in [9.17, 15) is 9.59 Å². The van der Waals surface area contributed by atoms with Crippen LogP contribution in [0.1, 0.15) is 6.92 Å². The van der Waals surface area contributed by atoms with E-state index in [0.29, 0.717) is 21.5 Å². The summed E-state index contributed by atoms with van der Waals surface area (Å²) in [5.41, 5.74) is 0.427. The van der Waals surface area contributed by atoms with Crippen molar-refractivity contribution in [2.45, 2.75) is 13.0 Å². The number of amides is 1. The second kappa shape index (κ2) is 10.8. The second-order valence-electron chi connectivity index (χ2n) is 6.06. The van der Waals surface area contributed by atoms with Crippen molar-refractivity contribution in [3.63, 3.8) is 0 Å². The van der Waals surface area contributed by atoms with Crippen LogP contribution in [0.25, 0.3) is 0 Å². The molecule has 0 aliphatic rings. The Hall–Kier alpha value is -3.04. The summed E-state index contributed by atoms with van der Waals surface area (Å²) < 4.78 is 20.9. The zero-order valence-electron chi connectivity index (χ0n) is 17.5. The monoisotopic (exact) mass is 469 g/mol. The minimum absolute atomic E-state index is 0.201. The van der Waals surface area contributed by atoms with Crippen molar-refractivity contribution in [1.29, 1.82) is 0 Å². The van der Waals surface area contributed by atoms with E-state index in [2.05, 4.69) is 15.5 Å². The average Bonchev–Trinajstić information content (AvgIpc) is 2.74. The van der Waals surface area contributed by atoms with Crippen LogP contribution in [0.5, 0.6) is 23.0 Å². The van der Waals surface area contributed by atoms with E-state index in [-0.39, 0.29) is 22.9 Å². The van der Waals surface area contributed by atoms with Gasteiger partial charge in [0.2, 0.25) is 6.04 Å². The lowest BCUT2D eigenvalue weighted by atomic mass is 10.2. The van der Waals surface area contributed by atoms with Gasteiger partial charge in [-0.15, -0.1) is 0 Å². The molecule has 166 valence electrons. The smallest absolute Gasteiger partial charge is 0.259 e. The first kappa shape index (κ1) is 24.2. The van der Waals surface area contributed by atoms with Crippen LogP contribution in [0.4, 0.5) is 11.4 Å². The molecular weight excluding hydrogens is 449 g/mol. The van der Waals surface area contributed by atoms with E-state index < -0.39 is 17.7 Å². The summed E-state index contributed by atoms with van der Waals surface area (Å²) >= 11 is 12.1. The molecule has 0 bridgehead atoms. The predicted molar refractivity (Wildman–Crippen MR) is 117 cm³/mol. The number of methoxy groups -OCH3 is 4. The number of carbonyl (C=O) groups excluding carboxylic acids is 2. The summed E-state index contributed by atoms with van der Waals surface area (Å²) in [6, 6.07) is 4.51. The predicted octanol–water partition coefficient (Wildman–Crippen LogP) is 4.71. The third-order valence-electron chi connectivity index (χ3n) is 4.09. The summed E-state index contributed by atoms with van der Waals surface area (Å²) in [5.74, 6) is -0.153. The molecule has 1 unspecified atom stereocenters. The van der Waals surface area contributed by atoms with Crippen molar-refractivity contribution in [2.24, 2.45) is 10.2 Å². The Morgan fingerprint density at radius 2 is 1.42 bits per heavy atom. The van der Waals surface area contributed by atoms with Crippen molar-refractivity contribution in [1.82, 2.24) is 0 Å². The molecule has 1 amide bonds. The fourth-order valence-electron chi connectivity index (χ4n) is 2.56. The molecule has 1 N–H and O–H groups in total. The molecule has 0 saturated carbocycles. The van der Waals surface area contributed by atoms with E-state index in [1.807, 2.05) is 0 Å². The topological polar surface area (TPSA) is 108 Å². The molecule has 0 spiro atoms. The minimum Gasteiger partial charge on any atom is -0.495 e. The van der Waals surface area contributed by atoms with Gasteiger partial charge in [0.1, 0.15) is 34.4 Å². The molecule has 0 aromatic heterocycles. The lowest BCUT2D eigenvalue weighted by Crippen LogP contribution is -2.32. The van der Waals surface area contributed by atoms with E-state index in [1.54, 1.807) is 0 Å². The zero-order chi connectivity index (χ0) is 23.1. The Bertz CT molecular complexity index is 988. The molecule has 0 saturated heterocycles. The third kappa shape index (κ3) is 5.77. The van der Waals surface area contributed by atoms with Gasteiger partial charge in [-0.25, -0.2) is 0 Å². The maximum absolute atomic E-state index is 12.8. The Morgan fingerprint density at radius 1 is 0.871 bits per heavy atom. The molecule has 31 heavy (non-hydrogen) atoms. The Balaban J connectivity index is 2.38. The maximum atomic E-state index is 12.8. The standard InChI is InChI=1S/C20H21Cl2N3O6/c1-10(26)18(25-24-13-9-14(28-2)12(22)8-15(13)29-3)20(27)23-19-16(30-4)6-11(21)7-17(19)31-5/h6-9,18H,1-5H3,(H,23,27). The number of nitrogens with zero attached hydrogens (tertiary/aromatic N) is 2. The Labute approximate surface area is 189 Å². The molecule has 0 aliphatic heterocycles. The van der Waals surface area contributed by atoms with Crippen molar-refractivity contribution in [2.75, 3.05) is 33.8 Å². The lowest BCUT2D eigenvalue weighted by Gasteiger charge is -2.16. The van der Waals surface area contributed by atoms with E-state index in [4.69, 9.17) is 42.1 Å². The van der Waals surface area contributed by atoms with Gasteiger partial charge in [0.05, 0.1) is 33.5 Å². The molecule has 1 atom stereocenters. The maximum Gasteiger partial charge on any atom is 0.259 e. The highest BCUT2D eigenvalue weighted by atomic mass is 35.5. The first-order valence-electron chi connectivity index (χ1n) is 8.80. The average molecular weight is 470 g/mol. The lowest BCUT2D eigenvalue weighted by molar-refractivity contribution is -0.126. The normalized spacial score (nSPS) is 11.7. The van der Waals surface area contributed by atoms with Gasteiger partial charge < -0.3 is 24.3 Å². The van der Waals surface area contributed by atoms with Gasteiger partial charge in [-0.05, 0) is 6.92 Å². The number of benzene rings is 2. The third-order valence-corrected chi connectivity index (χ3v) is 4.60. The number of hydrogen-bond donors (Lipinski definition) is 1. The number of rotatable bonds is 9. The highest BCUT2D eigenvalue weighted by Crippen LogP contribution is 2.39. The summed E-state index contributed by atoms with van der Waals surface area (Å²) in [6.45, 7) is 1.22. The van der Waals surface area contributed by atoms with Gasteiger partial charge in [0, 0.05) is 29.3 Å². The molecule has 0 radical (unpaired) electrons. The van der Waals surface area contributed by atoms with Crippen molar-refractivity contribution < 1.29 is 28.5 Å². The first-order valence-corrected chi connectivity index (χ1v) is 9.56. The van der Waals surface area contributed by atoms with Gasteiger partial charge in [-0.1, -0.05) is 23.2 Å². The summed E-state index contributed by atoms with van der Waals surface area (Å²) in [6.07, 6.45) is 0. The van der Waals surface area contributed by atoms with Crippen molar-refractivity contribution in [3.8, 4) is 23.0 Å². The number of nitrogens with one attached hydrogen (secondary N) is 1. The number of halogens is 2. The van der Waals surface area contributed by atoms with E-state index >= 15 is 0 Å². The molecule has 0 aliphatic carbocycles. The van der Waals surface area contributed by atoms with Crippen LogP contribution < -0.4 is 24.3 Å². The SMILES string of the molecule is COc1cc(N=NC(C(C)=O)C(=O)Nc2c(OC)cc(Cl)cc2OC)c(OC)cc1Cl. The van der Waals surface area contributed by atoms with Crippen LogP contribution in [0.15, 0.2) is 34.5 Å².